The molecule has 8 rings (SSSR count). The van der Waals surface area contributed by atoms with Crippen LogP contribution in [0.4, 0.5) is 0 Å². The highest BCUT2D eigenvalue weighted by molar-refractivity contribution is 5.91. The Morgan fingerprint density at radius 1 is 0.574 bits per heavy atom. The lowest BCUT2D eigenvalue weighted by atomic mass is 9.75. The van der Waals surface area contributed by atoms with Crippen molar-refractivity contribution in [1.29, 1.82) is 0 Å². The Bertz CT molecular complexity index is 2120. The Kier molecular flexibility index (Phi) is 6.66. The van der Waals surface area contributed by atoms with Crippen molar-refractivity contribution in [3.63, 3.8) is 0 Å². The number of fused-ring (bicyclic) bond motifs is 9. The molecule has 47 heavy (non-hydrogen) atoms. The molecule has 1 heteroatoms. The van der Waals surface area contributed by atoms with Crippen LogP contribution in [0.15, 0.2) is 97.7 Å². The molecule has 0 saturated carbocycles. The lowest BCUT2D eigenvalue weighted by Crippen LogP contribution is -2.59. The van der Waals surface area contributed by atoms with Gasteiger partial charge in [0.05, 0.1) is 5.56 Å². The predicted molar refractivity (Wildman–Crippen MR) is 199 cm³/mol. The summed E-state index contributed by atoms with van der Waals surface area (Å²) in [4.78, 5) is 0. The van der Waals surface area contributed by atoms with Crippen molar-refractivity contribution in [1.82, 2.24) is 0 Å². The van der Waals surface area contributed by atoms with Gasteiger partial charge in [0.2, 0.25) is 5.69 Å². The van der Waals surface area contributed by atoms with Gasteiger partial charge in [-0.25, -0.2) is 0 Å². The molecule has 0 radical (unpaired) electrons. The standard InChI is InChI=1S/C46H48N/c1-9-12-15-30-17-20-34-36-27-42-37(28-41(36)44(5,6)39(34)24-30)35-22-19-32(26-40(35)45(42,7)8)31-18-21-33-29(4)46(10-2,11-3)47-23-14-13-16-43(47)38(33)25-31/h13-14,16-28H,4,9-12,15H2,1-3,5-8H3/q+1. The number of aromatic nitrogens is 1. The molecule has 3 aliphatic rings. The van der Waals surface area contributed by atoms with Gasteiger partial charge in [-0.3, -0.25) is 0 Å². The zero-order valence-electron chi connectivity index (χ0n) is 29.4. The number of aryl methyl sites for hydroxylation is 1. The Morgan fingerprint density at radius 3 is 1.79 bits per heavy atom. The first-order chi connectivity index (χ1) is 22.6. The Labute approximate surface area is 282 Å². The summed E-state index contributed by atoms with van der Waals surface area (Å²) < 4.78 is 2.48. The summed E-state index contributed by atoms with van der Waals surface area (Å²) in [5, 5.41) is 0. The van der Waals surface area contributed by atoms with Crippen LogP contribution in [-0.2, 0) is 22.8 Å². The average Bonchev–Trinajstić information content (AvgIpc) is 3.45. The van der Waals surface area contributed by atoms with E-state index in [2.05, 4.69) is 151 Å². The van der Waals surface area contributed by atoms with E-state index in [1.807, 2.05) is 0 Å². The van der Waals surface area contributed by atoms with Gasteiger partial charge in [-0.05, 0) is 110 Å². The van der Waals surface area contributed by atoms with Crippen LogP contribution in [0.3, 0.4) is 0 Å². The largest absolute Gasteiger partial charge is 0.213 e. The van der Waals surface area contributed by atoms with E-state index in [9.17, 15) is 0 Å². The molecule has 4 aromatic carbocycles. The van der Waals surface area contributed by atoms with E-state index < -0.39 is 0 Å². The molecule has 0 atom stereocenters. The monoisotopic (exact) mass is 614 g/mol. The summed E-state index contributed by atoms with van der Waals surface area (Å²) in [7, 11) is 0. The Balaban J connectivity index is 1.21. The zero-order valence-corrected chi connectivity index (χ0v) is 29.4. The molecule has 1 aliphatic heterocycles. The van der Waals surface area contributed by atoms with Gasteiger partial charge in [0.15, 0.2) is 11.7 Å². The molecule has 1 nitrogen and oxygen atoms in total. The smallest absolute Gasteiger partial charge is 0.189 e. The number of benzene rings is 4. The molecule has 0 spiro atoms. The van der Waals surface area contributed by atoms with Crippen molar-refractivity contribution in [3.8, 4) is 44.6 Å². The molecule has 0 saturated heterocycles. The van der Waals surface area contributed by atoms with Crippen molar-refractivity contribution >= 4 is 5.57 Å². The molecular formula is C46H48N+. The lowest BCUT2D eigenvalue weighted by molar-refractivity contribution is -0.741. The fraction of sp³-hybridized carbons (Fsp3) is 0.326. The van der Waals surface area contributed by atoms with E-state index in [0.29, 0.717) is 0 Å². The van der Waals surface area contributed by atoms with Crippen LogP contribution in [0.1, 0.15) is 108 Å². The van der Waals surface area contributed by atoms with Crippen molar-refractivity contribution in [2.75, 3.05) is 0 Å². The topological polar surface area (TPSA) is 3.88 Å². The van der Waals surface area contributed by atoms with Crippen molar-refractivity contribution < 1.29 is 4.57 Å². The van der Waals surface area contributed by atoms with E-state index in [0.717, 1.165) is 19.3 Å². The lowest BCUT2D eigenvalue weighted by Gasteiger charge is -2.35. The second kappa shape index (κ2) is 10.4. The summed E-state index contributed by atoms with van der Waals surface area (Å²) in [6.07, 6.45) is 7.95. The highest BCUT2D eigenvalue weighted by Gasteiger charge is 2.47. The third-order valence-electron chi connectivity index (χ3n) is 12.4. The molecular weight excluding hydrogens is 567 g/mol. The highest BCUT2D eigenvalue weighted by atomic mass is 15.1. The van der Waals surface area contributed by atoms with Gasteiger partial charge >= 0.3 is 0 Å². The first kappa shape index (κ1) is 30.1. The molecule has 0 bridgehead atoms. The number of allylic oxidation sites excluding steroid dienone is 1. The third kappa shape index (κ3) is 4.05. The van der Waals surface area contributed by atoms with E-state index in [1.165, 1.54) is 96.4 Å². The van der Waals surface area contributed by atoms with Crippen LogP contribution >= 0.6 is 0 Å². The van der Waals surface area contributed by atoms with E-state index in [1.54, 1.807) is 0 Å². The molecule has 5 aromatic rings. The second-order valence-electron chi connectivity index (χ2n) is 15.4. The molecule has 2 heterocycles. The summed E-state index contributed by atoms with van der Waals surface area (Å²) in [6.45, 7) is 21.2. The highest BCUT2D eigenvalue weighted by Crippen LogP contribution is 2.56. The summed E-state index contributed by atoms with van der Waals surface area (Å²) in [5.41, 5.74) is 20.4. The molecule has 0 unspecified atom stereocenters. The molecule has 236 valence electrons. The van der Waals surface area contributed by atoms with Crippen LogP contribution < -0.4 is 4.57 Å². The quantitative estimate of drug-likeness (QED) is 0.168. The van der Waals surface area contributed by atoms with Gasteiger partial charge in [-0.1, -0.05) is 104 Å². The first-order valence-electron chi connectivity index (χ1n) is 17.9. The van der Waals surface area contributed by atoms with Gasteiger partial charge in [0, 0.05) is 41.4 Å². The molecule has 0 fully saturated rings. The van der Waals surface area contributed by atoms with Gasteiger partial charge in [0.25, 0.3) is 0 Å². The maximum Gasteiger partial charge on any atom is 0.213 e. The minimum absolute atomic E-state index is 0.0106. The summed E-state index contributed by atoms with van der Waals surface area (Å²) >= 11 is 0. The van der Waals surface area contributed by atoms with Gasteiger partial charge in [-0.2, -0.15) is 4.57 Å². The number of rotatable bonds is 6. The third-order valence-corrected chi connectivity index (χ3v) is 12.4. The normalized spacial score (nSPS) is 17.0. The predicted octanol–water partition coefficient (Wildman–Crippen LogP) is 11.8. The number of nitrogens with zero attached hydrogens (tertiary/aromatic N) is 1. The average molecular weight is 615 g/mol. The fourth-order valence-electron chi connectivity index (χ4n) is 9.37. The molecule has 0 amide bonds. The van der Waals surface area contributed by atoms with Gasteiger partial charge < -0.3 is 0 Å². The molecule has 2 aliphatic carbocycles. The van der Waals surface area contributed by atoms with Crippen molar-refractivity contribution in [3.05, 3.63) is 131 Å². The van der Waals surface area contributed by atoms with Gasteiger partial charge in [0.1, 0.15) is 0 Å². The van der Waals surface area contributed by atoms with E-state index in [-0.39, 0.29) is 16.4 Å². The Hall–Kier alpha value is -4.23. The first-order valence-corrected chi connectivity index (χ1v) is 17.9. The maximum absolute atomic E-state index is 4.69. The fourth-order valence-corrected chi connectivity index (χ4v) is 9.37. The second-order valence-corrected chi connectivity index (χ2v) is 15.4. The SMILES string of the molecule is C=C1c2ccc(-c3ccc4c(c3)C(C)(C)c3cc5c(cc3-4)C(C)(C)c3cc(CCCC)ccc3-5)cc2-c2cccc[n+]2C1(CC)CC. The van der Waals surface area contributed by atoms with Crippen LogP contribution in [-0.4, -0.2) is 0 Å². The van der Waals surface area contributed by atoms with Crippen LogP contribution in [0.2, 0.25) is 0 Å². The zero-order chi connectivity index (χ0) is 32.9. The van der Waals surface area contributed by atoms with E-state index >= 15 is 0 Å². The minimum Gasteiger partial charge on any atom is -0.189 e. The minimum atomic E-state index is -0.0868. The molecule has 1 aromatic heterocycles. The van der Waals surface area contributed by atoms with Gasteiger partial charge in [-0.15, -0.1) is 0 Å². The van der Waals surface area contributed by atoms with Crippen molar-refractivity contribution in [2.45, 2.75) is 96.9 Å². The van der Waals surface area contributed by atoms with E-state index in [4.69, 9.17) is 0 Å². The summed E-state index contributed by atoms with van der Waals surface area (Å²) in [6, 6.07) is 33.2. The Morgan fingerprint density at radius 2 is 1.15 bits per heavy atom. The number of hydrogen-bond donors (Lipinski definition) is 0. The number of hydrogen-bond acceptors (Lipinski definition) is 0. The van der Waals surface area contributed by atoms with Crippen LogP contribution in [0, 0.1) is 0 Å². The summed E-state index contributed by atoms with van der Waals surface area (Å²) in [5.74, 6) is 0. The number of unbranched alkanes of at least 4 members (excludes halogenated alkanes) is 1. The van der Waals surface area contributed by atoms with Crippen molar-refractivity contribution in [2.24, 2.45) is 0 Å². The van der Waals surface area contributed by atoms with Crippen LogP contribution in [0.25, 0.3) is 50.2 Å². The number of pyridine rings is 1. The molecule has 0 N–H and O–H groups in total. The van der Waals surface area contributed by atoms with Crippen LogP contribution in [0.5, 0.6) is 0 Å². The maximum atomic E-state index is 4.69.